The van der Waals surface area contributed by atoms with Crippen molar-refractivity contribution in [2.24, 2.45) is 5.92 Å². The maximum atomic E-state index is 12.4. The minimum atomic E-state index is -2.83. The molecular formula is C16H21F2NO2. The fourth-order valence-corrected chi connectivity index (χ4v) is 2.70. The van der Waals surface area contributed by atoms with Crippen molar-refractivity contribution in [3.63, 3.8) is 0 Å². The molecule has 3 nitrogen and oxygen atoms in total. The minimum Gasteiger partial charge on any atom is -0.490 e. The first-order chi connectivity index (χ1) is 10.2. The highest BCUT2D eigenvalue weighted by Crippen LogP contribution is 2.49. The van der Waals surface area contributed by atoms with Crippen LogP contribution in [0.1, 0.15) is 37.7 Å². The van der Waals surface area contributed by atoms with Gasteiger partial charge in [0.2, 0.25) is 0 Å². The average molecular weight is 297 g/mol. The Morgan fingerprint density at radius 2 is 2.10 bits per heavy atom. The summed E-state index contributed by atoms with van der Waals surface area (Å²) in [7, 11) is 0. The molecule has 0 amide bonds. The molecule has 2 aliphatic carbocycles. The number of hydrogen-bond donors (Lipinski definition) is 1. The van der Waals surface area contributed by atoms with E-state index in [0.717, 1.165) is 24.6 Å². The molecule has 2 unspecified atom stereocenters. The number of hydrogen-bond acceptors (Lipinski definition) is 3. The first-order valence-corrected chi connectivity index (χ1v) is 7.62. The maximum Gasteiger partial charge on any atom is 0.387 e. The van der Waals surface area contributed by atoms with E-state index < -0.39 is 6.61 Å². The van der Waals surface area contributed by atoms with Gasteiger partial charge in [0.15, 0.2) is 11.5 Å². The largest absolute Gasteiger partial charge is 0.490 e. The Hall–Kier alpha value is -1.36. The molecule has 2 fully saturated rings. The third-order valence-corrected chi connectivity index (χ3v) is 4.08. The summed E-state index contributed by atoms with van der Waals surface area (Å²) in [4.78, 5) is 0. The summed E-state index contributed by atoms with van der Waals surface area (Å²) in [6, 6.07) is 6.05. The van der Waals surface area contributed by atoms with E-state index in [1.807, 2.05) is 19.1 Å². The zero-order valence-corrected chi connectivity index (χ0v) is 12.1. The molecule has 0 aromatic heterocycles. The first kappa shape index (κ1) is 14.6. The first-order valence-electron chi connectivity index (χ1n) is 7.62. The predicted molar refractivity (Wildman–Crippen MR) is 76.1 cm³/mol. The standard InChI is InChI=1S/C16H21F2NO2/c1-2-20-15-8-10(3-6-14(15)21-16(17)18)13-7-11(13)9-19-12-4-5-12/h3,6,8,11-13,16,19H,2,4-5,7,9H2,1H3. The van der Waals surface area contributed by atoms with Gasteiger partial charge >= 0.3 is 6.61 Å². The van der Waals surface area contributed by atoms with Gasteiger partial charge in [-0.25, -0.2) is 0 Å². The van der Waals surface area contributed by atoms with Gasteiger partial charge in [-0.3, -0.25) is 0 Å². The molecule has 21 heavy (non-hydrogen) atoms. The third-order valence-electron chi connectivity index (χ3n) is 4.08. The maximum absolute atomic E-state index is 12.4. The zero-order valence-electron chi connectivity index (χ0n) is 12.1. The summed E-state index contributed by atoms with van der Waals surface area (Å²) < 4.78 is 34.7. The fraction of sp³-hybridized carbons (Fsp3) is 0.625. The molecule has 0 spiro atoms. The van der Waals surface area contributed by atoms with Gasteiger partial charge in [-0.1, -0.05) is 6.07 Å². The van der Waals surface area contributed by atoms with Crippen molar-refractivity contribution in [2.45, 2.75) is 44.8 Å². The van der Waals surface area contributed by atoms with Crippen molar-refractivity contribution in [2.75, 3.05) is 13.2 Å². The zero-order chi connectivity index (χ0) is 14.8. The molecule has 2 atom stereocenters. The van der Waals surface area contributed by atoms with E-state index in [-0.39, 0.29) is 5.75 Å². The summed E-state index contributed by atoms with van der Waals surface area (Å²) >= 11 is 0. The third kappa shape index (κ3) is 3.84. The molecule has 5 heteroatoms. The summed E-state index contributed by atoms with van der Waals surface area (Å²) in [6.07, 6.45) is 3.75. The lowest BCUT2D eigenvalue weighted by atomic mass is 10.1. The van der Waals surface area contributed by atoms with E-state index in [4.69, 9.17) is 4.74 Å². The van der Waals surface area contributed by atoms with Crippen LogP contribution < -0.4 is 14.8 Å². The molecule has 2 saturated carbocycles. The Labute approximate surface area is 123 Å². The van der Waals surface area contributed by atoms with Crippen molar-refractivity contribution in [1.29, 1.82) is 0 Å². The van der Waals surface area contributed by atoms with Crippen LogP contribution in [0.3, 0.4) is 0 Å². The van der Waals surface area contributed by atoms with Gasteiger partial charge in [0.1, 0.15) is 0 Å². The van der Waals surface area contributed by atoms with E-state index in [1.54, 1.807) is 6.07 Å². The smallest absolute Gasteiger partial charge is 0.387 e. The number of nitrogens with one attached hydrogen (secondary N) is 1. The fourth-order valence-electron chi connectivity index (χ4n) is 2.70. The monoisotopic (exact) mass is 297 g/mol. The molecular weight excluding hydrogens is 276 g/mol. The quantitative estimate of drug-likeness (QED) is 0.796. The van der Waals surface area contributed by atoms with Crippen molar-refractivity contribution < 1.29 is 18.3 Å². The van der Waals surface area contributed by atoms with Gasteiger partial charge in [0.25, 0.3) is 0 Å². The highest BCUT2D eigenvalue weighted by molar-refractivity contribution is 5.45. The lowest BCUT2D eigenvalue weighted by Gasteiger charge is -2.13. The van der Waals surface area contributed by atoms with Crippen LogP contribution in [0, 0.1) is 5.92 Å². The lowest BCUT2D eigenvalue weighted by molar-refractivity contribution is -0.0514. The van der Waals surface area contributed by atoms with E-state index >= 15 is 0 Å². The van der Waals surface area contributed by atoms with E-state index in [1.165, 1.54) is 12.8 Å². The van der Waals surface area contributed by atoms with Gasteiger partial charge in [0.05, 0.1) is 6.61 Å². The van der Waals surface area contributed by atoms with Crippen LogP contribution in [0.4, 0.5) is 8.78 Å². The molecule has 0 heterocycles. The lowest BCUT2D eigenvalue weighted by Crippen LogP contribution is -2.19. The van der Waals surface area contributed by atoms with Crippen LogP contribution in [-0.2, 0) is 0 Å². The van der Waals surface area contributed by atoms with Crippen LogP contribution in [0.2, 0.25) is 0 Å². The van der Waals surface area contributed by atoms with E-state index in [9.17, 15) is 8.78 Å². The van der Waals surface area contributed by atoms with Gasteiger partial charge < -0.3 is 14.8 Å². The summed E-state index contributed by atoms with van der Waals surface area (Å²) in [5, 5.41) is 3.54. The van der Waals surface area contributed by atoms with Crippen molar-refractivity contribution in [3.05, 3.63) is 23.8 Å². The van der Waals surface area contributed by atoms with Crippen LogP contribution in [-0.4, -0.2) is 25.8 Å². The molecule has 0 radical (unpaired) electrons. The van der Waals surface area contributed by atoms with Gasteiger partial charge in [0, 0.05) is 6.04 Å². The van der Waals surface area contributed by atoms with Crippen molar-refractivity contribution in [1.82, 2.24) is 5.32 Å². The number of ether oxygens (including phenoxy) is 2. The molecule has 3 rings (SSSR count). The molecule has 1 aromatic rings. The normalized spacial score (nSPS) is 24.2. The van der Waals surface area contributed by atoms with Crippen molar-refractivity contribution in [3.8, 4) is 11.5 Å². The molecule has 2 aliphatic rings. The number of rotatable bonds is 8. The number of benzene rings is 1. The highest BCUT2D eigenvalue weighted by Gasteiger charge is 2.39. The van der Waals surface area contributed by atoms with E-state index in [2.05, 4.69) is 10.1 Å². The van der Waals surface area contributed by atoms with Gasteiger partial charge in [-0.15, -0.1) is 0 Å². The van der Waals surface area contributed by atoms with Gasteiger partial charge in [-0.2, -0.15) is 8.78 Å². The van der Waals surface area contributed by atoms with Crippen LogP contribution >= 0.6 is 0 Å². The van der Waals surface area contributed by atoms with Gasteiger partial charge in [-0.05, 0) is 62.3 Å². The van der Waals surface area contributed by atoms with Crippen LogP contribution in [0.25, 0.3) is 0 Å². The second kappa shape index (κ2) is 6.18. The molecule has 1 aromatic carbocycles. The Balaban J connectivity index is 1.64. The second-order valence-corrected chi connectivity index (χ2v) is 5.80. The van der Waals surface area contributed by atoms with E-state index in [0.29, 0.717) is 24.2 Å². The highest BCUT2D eigenvalue weighted by atomic mass is 19.3. The molecule has 1 N–H and O–H groups in total. The molecule has 0 bridgehead atoms. The van der Waals surface area contributed by atoms with Crippen LogP contribution in [0.5, 0.6) is 11.5 Å². The topological polar surface area (TPSA) is 30.5 Å². The van der Waals surface area contributed by atoms with Crippen LogP contribution in [0.15, 0.2) is 18.2 Å². The number of alkyl halides is 2. The summed E-state index contributed by atoms with van der Waals surface area (Å²) in [5.74, 6) is 1.69. The molecule has 116 valence electrons. The predicted octanol–water partition coefficient (Wildman–Crippen LogP) is 3.54. The average Bonchev–Trinajstić information content (AvgIpc) is 3.33. The number of halogens is 2. The Morgan fingerprint density at radius 1 is 1.29 bits per heavy atom. The Kier molecular flexibility index (Phi) is 4.29. The summed E-state index contributed by atoms with van der Waals surface area (Å²) in [6.45, 7) is 0.485. The molecule has 0 saturated heterocycles. The van der Waals surface area contributed by atoms with Crippen molar-refractivity contribution >= 4 is 0 Å². The Bertz CT molecular complexity index is 491. The SMILES string of the molecule is CCOc1cc(C2CC2CNC2CC2)ccc1OC(F)F. The minimum absolute atomic E-state index is 0.115. The Morgan fingerprint density at radius 3 is 2.76 bits per heavy atom. The summed E-state index contributed by atoms with van der Waals surface area (Å²) in [5.41, 5.74) is 1.16. The molecule has 0 aliphatic heterocycles. The second-order valence-electron chi connectivity index (χ2n) is 5.80.